The standard InChI is InChI=1S/C29H19N3/c1-2-9-22(10-3-1)32-26-13-7-6-12-24(26)25-16-20-14-15-31(27(20)17-28(25)32)29-19-30-18-21-8-4-5-11-23(21)29/h1-19H. The maximum absolute atomic E-state index is 4.51. The zero-order valence-electron chi connectivity index (χ0n) is 17.3. The average Bonchev–Trinajstić information content (AvgIpc) is 3.41. The molecule has 3 aromatic heterocycles. The highest BCUT2D eigenvalue weighted by molar-refractivity contribution is 6.13. The van der Waals surface area contributed by atoms with Gasteiger partial charge in [-0.25, -0.2) is 0 Å². The lowest BCUT2D eigenvalue weighted by Crippen LogP contribution is -1.96. The molecule has 32 heavy (non-hydrogen) atoms. The Labute approximate surface area is 184 Å². The fraction of sp³-hybridized carbons (Fsp3) is 0. The van der Waals surface area contributed by atoms with Crippen molar-refractivity contribution in [1.82, 2.24) is 14.1 Å². The van der Waals surface area contributed by atoms with E-state index in [4.69, 9.17) is 0 Å². The topological polar surface area (TPSA) is 22.8 Å². The summed E-state index contributed by atoms with van der Waals surface area (Å²) in [6.07, 6.45) is 6.04. The molecule has 0 aliphatic carbocycles. The fourth-order valence-electron chi connectivity index (χ4n) is 4.96. The molecule has 3 heterocycles. The van der Waals surface area contributed by atoms with Gasteiger partial charge in [-0.15, -0.1) is 0 Å². The van der Waals surface area contributed by atoms with Gasteiger partial charge in [0.1, 0.15) is 0 Å². The highest BCUT2D eigenvalue weighted by atomic mass is 15.0. The van der Waals surface area contributed by atoms with Crippen LogP contribution in [0.2, 0.25) is 0 Å². The first kappa shape index (κ1) is 17.3. The van der Waals surface area contributed by atoms with Crippen LogP contribution in [0, 0.1) is 0 Å². The Balaban J connectivity index is 1.60. The van der Waals surface area contributed by atoms with Gasteiger partial charge in [-0.2, -0.15) is 0 Å². The van der Waals surface area contributed by atoms with Crippen LogP contribution in [-0.4, -0.2) is 14.1 Å². The van der Waals surface area contributed by atoms with Crippen LogP contribution in [0.15, 0.2) is 116 Å². The van der Waals surface area contributed by atoms with Gasteiger partial charge in [-0.05, 0) is 36.4 Å². The minimum absolute atomic E-state index is 1.10. The second-order valence-corrected chi connectivity index (χ2v) is 8.18. The summed E-state index contributed by atoms with van der Waals surface area (Å²) >= 11 is 0. The van der Waals surface area contributed by atoms with Crippen molar-refractivity contribution in [3.63, 3.8) is 0 Å². The third-order valence-corrected chi connectivity index (χ3v) is 6.40. The third-order valence-electron chi connectivity index (χ3n) is 6.40. The monoisotopic (exact) mass is 409 g/mol. The Morgan fingerprint density at radius 1 is 0.531 bits per heavy atom. The molecule has 0 fully saturated rings. The molecule has 0 unspecified atom stereocenters. The number of aromatic nitrogens is 3. The van der Waals surface area contributed by atoms with Gasteiger partial charge < -0.3 is 9.13 Å². The van der Waals surface area contributed by atoms with Crippen LogP contribution in [-0.2, 0) is 0 Å². The number of nitrogens with zero attached hydrogens (tertiary/aromatic N) is 3. The Kier molecular flexibility index (Phi) is 3.55. The lowest BCUT2D eigenvalue weighted by molar-refractivity contribution is 1.12. The van der Waals surface area contributed by atoms with Gasteiger partial charge in [0.05, 0.1) is 28.4 Å². The van der Waals surface area contributed by atoms with Crippen molar-refractivity contribution in [2.75, 3.05) is 0 Å². The summed E-state index contributed by atoms with van der Waals surface area (Å²) in [6.45, 7) is 0. The number of hydrogen-bond donors (Lipinski definition) is 0. The lowest BCUT2D eigenvalue weighted by atomic mass is 10.1. The molecule has 0 aliphatic heterocycles. The normalized spacial score (nSPS) is 11.8. The lowest BCUT2D eigenvalue weighted by Gasteiger charge is -2.10. The molecular weight excluding hydrogens is 390 g/mol. The maximum Gasteiger partial charge on any atom is 0.0718 e. The number of rotatable bonds is 2. The number of hydrogen-bond acceptors (Lipinski definition) is 1. The van der Waals surface area contributed by atoms with Gasteiger partial charge in [0, 0.05) is 45.0 Å². The van der Waals surface area contributed by atoms with Crippen LogP contribution >= 0.6 is 0 Å². The molecule has 0 bridgehead atoms. The van der Waals surface area contributed by atoms with Gasteiger partial charge >= 0.3 is 0 Å². The van der Waals surface area contributed by atoms with E-state index in [1.807, 2.05) is 12.4 Å². The van der Waals surface area contributed by atoms with Crippen molar-refractivity contribution in [3.05, 3.63) is 116 Å². The zero-order chi connectivity index (χ0) is 21.1. The van der Waals surface area contributed by atoms with E-state index in [1.54, 1.807) is 0 Å². The molecule has 0 amide bonds. The van der Waals surface area contributed by atoms with E-state index >= 15 is 0 Å². The summed E-state index contributed by atoms with van der Waals surface area (Å²) < 4.78 is 4.62. The Morgan fingerprint density at radius 2 is 1.31 bits per heavy atom. The van der Waals surface area contributed by atoms with E-state index < -0.39 is 0 Å². The van der Waals surface area contributed by atoms with Gasteiger partial charge in [-0.3, -0.25) is 4.98 Å². The molecular formula is C29H19N3. The third kappa shape index (κ3) is 2.39. The summed E-state index contributed by atoms with van der Waals surface area (Å²) in [7, 11) is 0. The molecule has 0 saturated carbocycles. The molecule has 150 valence electrons. The average molecular weight is 409 g/mol. The van der Waals surface area contributed by atoms with Crippen LogP contribution in [0.4, 0.5) is 0 Å². The van der Waals surface area contributed by atoms with Crippen LogP contribution < -0.4 is 0 Å². The van der Waals surface area contributed by atoms with Crippen molar-refractivity contribution < 1.29 is 0 Å². The summed E-state index contributed by atoms with van der Waals surface area (Å²) in [5.41, 5.74) is 5.87. The Bertz CT molecular complexity index is 1770. The van der Waals surface area contributed by atoms with Crippen molar-refractivity contribution in [1.29, 1.82) is 0 Å². The molecule has 0 N–H and O–H groups in total. The van der Waals surface area contributed by atoms with Crippen molar-refractivity contribution in [2.45, 2.75) is 0 Å². The quantitative estimate of drug-likeness (QED) is 0.294. The molecule has 3 nitrogen and oxygen atoms in total. The highest BCUT2D eigenvalue weighted by Crippen LogP contribution is 2.36. The van der Waals surface area contributed by atoms with Crippen molar-refractivity contribution in [2.24, 2.45) is 0 Å². The number of fused-ring (bicyclic) bond motifs is 5. The molecule has 0 spiro atoms. The smallest absolute Gasteiger partial charge is 0.0718 e. The van der Waals surface area contributed by atoms with Gasteiger partial charge in [0.2, 0.25) is 0 Å². The summed E-state index contributed by atoms with van der Waals surface area (Å²) in [4.78, 5) is 4.51. The van der Waals surface area contributed by atoms with E-state index in [0.717, 1.165) is 11.1 Å². The second kappa shape index (κ2) is 6.56. The molecule has 0 radical (unpaired) electrons. The summed E-state index contributed by atoms with van der Waals surface area (Å²) in [5.74, 6) is 0. The largest absolute Gasteiger partial charge is 0.314 e. The predicted molar refractivity (Wildman–Crippen MR) is 133 cm³/mol. The Hall–Kier alpha value is -4.37. The SMILES string of the molecule is c1ccc(-n2c3ccccc3c3cc4ccn(-c5cncc6ccccc56)c4cc32)cc1. The van der Waals surface area contributed by atoms with Crippen molar-refractivity contribution >= 4 is 43.5 Å². The van der Waals surface area contributed by atoms with Crippen LogP contribution in [0.3, 0.4) is 0 Å². The highest BCUT2D eigenvalue weighted by Gasteiger charge is 2.15. The van der Waals surface area contributed by atoms with Crippen molar-refractivity contribution in [3.8, 4) is 11.4 Å². The molecule has 0 atom stereocenters. The number of para-hydroxylation sites is 2. The molecule has 4 aromatic carbocycles. The minimum Gasteiger partial charge on any atom is -0.314 e. The van der Waals surface area contributed by atoms with Gasteiger partial charge in [0.15, 0.2) is 0 Å². The molecule has 7 aromatic rings. The van der Waals surface area contributed by atoms with E-state index in [0.29, 0.717) is 0 Å². The van der Waals surface area contributed by atoms with E-state index in [-0.39, 0.29) is 0 Å². The molecule has 0 aliphatic rings. The Morgan fingerprint density at radius 3 is 2.22 bits per heavy atom. The van der Waals surface area contributed by atoms with Crippen LogP contribution in [0.1, 0.15) is 0 Å². The second-order valence-electron chi connectivity index (χ2n) is 8.18. The number of pyridine rings is 1. The van der Waals surface area contributed by atoms with Crippen LogP contribution in [0.5, 0.6) is 0 Å². The fourth-order valence-corrected chi connectivity index (χ4v) is 4.96. The number of benzene rings is 4. The molecule has 3 heteroatoms. The minimum atomic E-state index is 1.10. The van der Waals surface area contributed by atoms with Crippen LogP contribution in [0.25, 0.3) is 54.9 Å². The van der Waals surface area contributed by atoms with Gasteiger partial charge in [0.25, 0.3) is 0 Å². The summed E-state index contributed by atoms with van der Waals surface area (Å²) in [6, 6.07) is 34.5. The first-order valence-corrected chi connectivity index (χ1v) is 10.8. The molecule has 7 rings (SSSR count). The summed E-state index contributed by atoms with van der Waals surface area (Å²) in [5, 5.41) is 6.11. The molecule has 0 saturated heterocycles. The zero-order valence-corrected chi connectivity index (χ0v) is 17.3. The van der Waals surface area contributed by atoms with Gasteiger partial charge in [-0.1, -0.05) is 60.7 Å². The maximum atomic E-state index is 4.51. The van der Waals surface area contributed by atoms with E-state index in [9.17, 15) is 0 Å². The van der Waals surface area contributed by atoms with E-state index in [2.05, 4.69) is 117 Å². The first-order chi connectivity index (χ1) is 15.9. The predicted octanol–water partition coefficient (Wildman–Crippen LogP) is 7.28. The first-order valence-electron chi connectivity index (χ1n) is 10.8. The van der Waals surface area contributed by atoms with E-state index in [1.165, 1.54) is 43.8 Å².